The highest BCUT2D eigenvalue weighted by Crippen LogP contribution is 2.18. The van der Waals surface area contributed by atoms with E-state index in [4.69, 9.17) is 0 Å². The maximum atomic E-state index is 13.3. The molecular weight excluding hydrogens is 275 g/mol. The van der Waals surface area contributed by atoms with Crippen LogP contribution >= 0.6 is 0 Å². The Balaban J connectivity index is 2.00. The van der Waals surface area contributed by atoms with Gasteiger partial charge in [-0.2, -0.15) is 4.39 Å². The minimum absolute atomic E-state index is 0.0253. The second-order valence-electron chi connectivity index (χ2n) is 4.19. The molecule has 0 saturated heterocycles. The molecule has 19 heavy (non-hydrogen) atoms. The first-order chi connectivity index (χ1) is 8.87. The number of hydrogen-bond donors (Lipinski definition) is 1. The molecule has 1 aromatic carbocycles. The molecular formula is C11H11FN2O4S. The van der Waals surface area contributed by atoms with Gasteiger partial charge in [-0.3, -0.25) is 10.1 Å². The van der Waals surface area contributed by atoms with Crippen LogP contribution in [0.5, 0.6) is 0 Å². The first kappa shape index (κ1) is 13.6. The topological polar surface area (TPSA) is 89.3 Å². The number of benzene rings is 1. The highest BCUT2D eigenvalue weighted by molar-refractivity contribution is 7.94. The van der Waals surface area contributed by atoms with E-state index in [0.717, 1.165) is 17.5 Å². The van der Waals surface area contributed by atoms with Crippen LogP contribution in [0.1, 0.15) is 5.56 Å². The van der Waals surface area contributed by atoms with Crippen molar-refractivity contribution in [3.63, 3.8) is 0 Å². The van der Waals surface area contributed by atoms with Crippen LogP contribution in [-0.2, 0) is 16.4 Å². The van der Waals surface area contributed by atoms with E-state index in [1.165, 1.54) is 12.1 Å². The van der Waals surface area contributed by atoms with Crippen molar-refractivity contribution < 1.29 is 17.7 Å². The Labute approximate surface area is 109 Å². The SMILES string of the molecule is O=[N+]([O-])c1ccc(CNC2C=CS(=O)(=O)C2)cc1F. The number of nitro groups is 1. The van der Waals surface area contributed by atoms with Crippen molar-refractivity contribution in [3.05, 3.63) is 51.2 Å². The van der Waals surface area contributed by atoms with E-state index in [-0.39, 0.29) is 18.3 Å². The molecule has 102 valence electrons. The number of halogens is 1. The smallest absolute Gasteiger partial charge is 0.304 e. The Hall–Kier alpha value is -1.80. The summed E-state index contributed by atoms with van der Waals surface area (Å²) in [6, 6.07) is 3.27. The standard InChI is InChI=1S/C11H11FN2O4S/c12-10-5-8(1-2-11(10)14(15)16)6-13-9-3-4-19(17,18)7-9/h1-5,9,13H,6-7H2. The van der Waals surface area contributed by atoms with Gasteiger partial charge in [-0.05, 0) is 11.6 Å². The van der Waals surface area contributed by atoms with Gasteiger partial charge in [0.1, 0.15) is 0 Å². The lowest BCUT2D eigenvalue weighted by atomic mass is 10.2. The van der Waals surface area contributed by atoms with Gasteiger partial charge in [0, 0.05) is 24.1 Å². The molecule has 0 aromatic heterocycles. The van der Waals surface area contributed by atoms with Gasteiger partial charge < -0.3 is 5.32 Å². The van der Waals surface area contributed by atoms with Crippen molar-refractivity contribution in [2.75, 3.05) is 5.75 Å². The van der Waals surface area contributed by atoms with Gasteiger partial charge in [0.2, 0.25) is 5.82 Å². The van der Waals surface area contributed by atoms with Gasteiger partial charge in [0.05, 0.1) is 10.7 Å². The summed E-state index contributed by atoms with van der Waals surface area (Å²) < 4.78 is 35.7. The Kier molecular flexibility index (Phi) is 3.63. The zero-order valence-corrected chi connectivity index (χ0v) is 10.6. The predicted octanol–water partition coefficient (Wildman–Crippen LogP) is 1.13. The molecule has 1 unspecified atom stereocenters. The minimum atomic E-state index is -3.13. The van der Waals surface area contributed by atoms with E-state index < -0.39 is 26.3 Å². The van der Waals surface area contributed by atoms with E-state index in [1.807, 2.05) is 0 Å². The first-order valence-corrected chi connectivity index (χ1v) is 7.16. The van der Waals surface area contributed by atoms with Gasteiger partial charge >= 0.3 is 5.69 Å². The Bertz CT molecular complexity index is 642. The van der Waals surface area contributed by atoms with Crippen LogP contribution in [0.4, 0.5) is 10.1 Å². The third kappa shape index (κ3) is 3.36. The molecule has 1 aromatic rings. The Morgan fingerprint density at radius 2 is 2.21 bits per heavy atom. The lowest BCUT2D eigenvalue weighted by Crippen LogP contribution is -2.29. The van der Waals surface area contributed by atoms with Crippen LogP contribution in [0.3, 0.4) is 0 Å². The summed E-state index contributed by atoms with van der Waals surface area (Å²) in [6.07, 6.45) is 1.52. The second kappa shape index (κ2) is 5.06. The van der Waals surface area contributed by atoms with Crippen molar-refractivity contribution in [1.82, 2.24) is 5.32 Å². The van der Waals surface area contributed by atoms with Crippen molar-refractivity contribution in [3.8, 4) is 0 Å². The highest BCUT2D eigenvalue weighted by atomic mass is 32.2. The van der Waals surface area contributed by atoms with Crippen LogP contribution in [0.15, 0.2) is 29.7 Å². The summed E-state index contributed by atoms with van der Waals surface area (Å²) in [5, 5.41) is 14.5. The molecule has 0 saturated carbocycles. The monoisotopic (exact) mass is 286 g/mol. The molecule has 1 N–H and O–H groups in total. The molecule has 0 spiro atoms. The van der Waals surface area contributed by atoms with Crippen molar-refractivity contribution in [2.45, 2.75) is 12.6 Å². The average molecular weight is 286 g/mol. The highest BCUT2D eigenvalue weighted by Gasteiger charge is 2.21. The van der Waals surface area contributed by atoms with Gasteiger partial charge in [-0.15, -0.1) is 0 Å². The fourth-order valence-electron chi connectivity index (χ4n) is 1.76. The number of hydrogen-bond acceptors (Lipinski definition) is 5. The van der Waals surface area contributed by atoms with Crippen LogP contribution in [0.2, 0.25) is 0 Å². The van der Waals surface area contributed by atoms with E-state index >= 15 is 0 Å². The largest absolute Gasteiger partial charge is 0.305 e. The summed E-state index contributed by atoms with van der Waals surface area (Å²) in [5.41, 5.74) is -0.0621. The van der Waals surface area contributed by atoms with E-state index in [1.54, 1.807) is 0 Å². The van der Waals surface area contributed by atoms with Crippen LogP contribution in [0.25, 0.3) is 0 Å². The number of nitro benzene ring substituents is 1. The average Bonchev–Trinajstić information content (AvgIpc) is 2.66. The maximum Gasteiger partial charge on any atom is 0.304 e. The Morgan fingerprint density at radius 1 is 1.47 bits per heavy atom. The molecule has 0 fully saturated rings. The van der Waals surface area contributed by atoms with E-state index in [2.05, 4.69) is 5.32 Å². The molecule has 6 nitrogen and oxygen atoms in total. The fourth-order valence-corrected chi connectivity index (χ4v) is 3.03. The normalized spacial score (nSPS) is 20.6. The van der Waals surface area contributed by atoms with Crippen LogP contribution in [-0.4, -0.2) is 25.1 Å². The van der Waals surface area contributed by atoms with E-state index in [0.29, 0.717) is 5.56 Å². The van der Waals surface area contributed by atoms with Crippen molar-refractivity contribution >= 4 is 15.5 Å². The molecule has 2 rings (SSSR count). The number of rotatable bonds is 4. The zero-order chi connectivity index (χ0) is 14.0. The van der Waals surface area contributed by atoms with Crippen molar-refractivity contribution in [1.29, 1.82) is 0 Å². The third-order valence-corrected chi connectivity index (χ3v) is 4.10. The Morgan fingerprint density at radius 3 is 2.74 bits per heavy atom. The van der Waals surface area contributed by atoms with Gasteiger partial charge in [-0.1, -0.05) is 12.1 Å². The van der Waals surface area contributed by atoms with Gasteiger partial charge in [0.15, 0.2) is 9.84 Å². The maximum absolute atomic E-state index is 13.3. The molecule has 1 heterocycles. The summed E-state index contributed by atoms with van der Waals surface area (Å²) in [7, 11) is -3.13. The van der Waals surface area contributed by atoms with Crippen LogP contribution < -0.4 is 5.32 Å². The number of nitrogens with one attached hydrogen (secondary N) is 1. The van der Waals surface area contributed by atoms with Gasteiger partial charge in [0.25, 0.3) is 0 Å². The number of nitrogens with zero attached hydrogens (tertiary/aromatic N) is 1. The molecule has 1 aliphatic heterocycles. The summed E-state index contributed by atoms with van der Waals surface area (Å²) >= 11 is 0. The molecule has 0 bridgehead atoms. The number of sulfone groups is 1. The molecule has 1 aliphatic rings. The summed E-state index contributed by atoms with van der Waals surface area (Å²) in [4.78, 5) is 9.65. The lowest BCUT2D eigenvalue weighted by Gasteiger charge is -2.09. The lowest BCUT2D eigenvalue weighted by molar-refractivity contribution is -0.387. The zero-order valence-electron chi connectivity index (χ0n) is 9.74. The molecule has 0 amide bonds. The minimum Gasteiger partial charge on any atom is -0.305 e. The predicted molar refractivity (Wildman–Crippen MR) is 66.6 cm³/mol. The van der Waals surface area contributed by atoms with Crippen molar-refractivity contribution in [2.24, 2.45) is 0 Å². The molecule has 8 heteroatoms. The summed E-state index contributed by atoms with van der Waals surface area (Å²) in [6.45, 7) is 0.236. The summed E-state index contributed by atoms with van der Waals surface area (Å²) in [5.74, 6) is -0.929. The van der Waals surface area contributed by atoms with E-state index in [9.17, 15) is 22.9 Å². The van der Waals surface area contributed by atoms with Crippen LogP contribution in [0, 0.1) is 15.9 Å². The van der Waals surface area contributed by atoms with Gasteiger partial charge in [-0.25, -0.2) is 8.42 Å². The first-order valence-electron chi connectivity index (χ1n) is 5.44. The second-order valence-corrected chi connectivity index (χ2v) is 6.12. The fraction of sp³-hybridized carbons (Fsp3) is 0.273. The molecule has 0 aliphatic carbocycles. The quantitative estimate of drug-likeness (QED) is 0.662. The molecule has 1 atom stereocenters. The third-order valence-electron chi connectivity index (χ3n) is 2.71. The molecule has 0 radical (unpaired) electrons.